The number of hydrazine groups is 1. The molecule has 23 heavy (non-hydrogen) atoms. The Morgan fingerprint density at radius 1 is 1.17 bits per heavy atom. The molecule has 0 aliphatic carbocycles. The summed E-state index contributed by atoms with van der Waals surface area (Å²) in [7, 11) is 0. The Labute approximate surface area is 134 Å². The Hall–Kier alpha value is -2.70. The number of hydrogen-bond acceptors (Lipinski definition) is 4. The van der Waals surface area contributed by atoms with E-state index in [2.05, 4.69) is 15.3 Å². The molecular weight excluding hydrogens is 290 g/mol. The van der Waals surface area contributed by atoms with Crippen LogP contribution in [0.15, 0.2) is 48.5 Å². The maximum absolute atomic E-state index is 10.8. The molecule has 0 spiro atoms. The van der Waals surface area contributed by atoms with E-state index >= 15 is 0 Å². The van der Waals surface area contributed by atoms with Crippen molar-refractivity contribution in [2.24, 2.45) is 5.84 Å². The number of hydrogen-bond donors (Lipinski definition) is 2. The van der Waals surface area contributed by atoms with Crippen LogP contribution in [0.4, 0.5) is 11.4 Å². The van der Waals surface area contributed by atoms with Crippen molar-refractivity contribution in [2.75, 3.05) is 5.01 Å². The first kappa shape index (κ1) is 15.2. The van der Waals surface area contributed by atoms with Gasteiger partial charge in [0.1, 0.15) is 17.8 Å². The van der Waals surface area contributed by atoms with Crippen molar-refractivity contribution in [1.82, 2.24) is 9.55 Å². The Kier molecular flexibility index (Phi) is 4.36. The van der Waals surface area contributed by atoms with E-state index < -0.39 is 0 Å². The van der Waals surface area contributed by atoms with Crippen LogP contribution in [0.3, 0.4) is 0 Å². The number of nitrogens with zero attached hydrogens (tertiary/aromatic N) is 3. The predicted molar refractivity (Wildman–Crippen MR) is 89.8 cm³/mol. The second kappa shape index (κ2) is 6.60. The number of benzene rings is 2. The standard InChI is InChI=1S/C17H19N5O/c18-13-6-1-3-8-15(13)22(19)12-17-20-14-7-2-4-9-16(14)21(17)10-5-11-23/h1-4,6-9,11H,5,10,12,18-19H2/p+1. The van der Waals surface area contributed by atoms with Gasteiger partial charge in [-0.3, -0.25) is 5.01 Å². The highest BCUT2D eigenvalue weighted by Crippen LogP contribution is 2.22. The van der Waals surface area contributed by atoms with Crippen LogP contribution in [0, 0.1) is 0 Å². The van der Waals surface area contributed by atoms with Gasteiger partial charge in [-0.25, -0.2) is 10.8 Å². The van der Waals surface area contributed by atoms with Gasteiger partial charge in [-0.15, -0.1) is 0 Å². The van der Waals surface area contributed by atoms with E-state index in [1.165, 1.54) is 0 Å². The van der Waals surface area contributed by atoms with E-state index in [-0.39, 0.29) is 0 Å². The number of fused-ring (bicyclic) bond motifs is 1. The normalized spacial score (nSPS) is 10.9. The molecule has 0 fully saturated rings. The molecular formula is C17H20N5O+. The quantitative estimate of drug-likeness (QED) is 0.409. The summed E-state index contributed by atoms with van der Waals surface area (Å²) in [6.45, 7) is 1.04. The van der Waals surface area contributed by atoms with Gasteiger partial charge in [0.25, 0.3) is 0 Å². The number of anilines is 1. The lowest BCUT2D eigenvalue weighted by molar-refractivity contribution is -0.253. The third kappa shape index (κ3) is 3.08. The fourth-order valence-electron chi connectivity index (χ4n) is 2.71. The summed E-state index contributed by atoms with van der Waals surface area (Å²) in [5.74, 6) is 7.05. The monoisotopic (exact) mass is 310 g/mol. The van der Waals surface area contributed by atoms with E-state index in [0.29, 0.717) is 19.5 Å². The molecule has 2 aromatic carbocycles. The van der Waals surface area contributed by atoms with Crippen LogP contribution < -0.4 is 16.6 Å². The van der Waals surface area contributed by atoms with Gasteiger partial charge in [-0.2, -0.15) is 0 Å². The summed E-state index contributed by atoms with van der Waals surface area (Å²) in [6.07, 6.45) is 1.37. The van der Waals surface area contributed by atoms with Crippen LogP contribution in [0.1, 0.15) is 12.2 Å². The molecule has 0 saturated carbocycles. The number of nitrogens with two attached hydrogens (primary N) is 1. The summed E-state index contributed by atoms with van der Waals surface area (Å²) in [5.41, 5.74) is 7.65. The fraction of sp³-hybridized carbons (Fsp3) is 0.176. The minimum absolute atomic E-state index is 0.445. The third-order valence-electron chi connectivity index (χ3n) is 3.82. The molecule has 6 nitrogen and oxygen atoms in total. The number of quaternary nitrogens is 1. The second-order valence-corrected chi connectivity index (χ2v) is 5.38. The Bertz CT molecular complexity index is 827. The number of aromatic nitrogens is 2. The first-order valence-corrected chi connectivity index (χ1v) is 7.51. The molecule has 0 amide bonds. The number of imidazole rings is 1. The van der Waals surface area contributed by atoms with Gasteiger partial charge < -0.3 is 15.1 Å². The Morgan fingerprint density at radius 3 is 2.70 bits per heavy atom. The number of para-hydroxylation sites is 3. The van der Waals surface area contributed by atoms with Gasteiger partial charge in [0.2, 0.25) is 0 Å². The SMILES string of the molecule is NN(Cc1nc2ccccc2n1CCC=O)c1ccccc1[NH3+]. The summed E-state index contributed by atoms with van der Waals surface area (Å²) in [6, 6.07) is 15.6. The van der Waals surface area contributed by atoms with E-state index in [1.807, 2.05) is 48.5 Å². The molecule has 0 aliphatic rings. The summed E-state index contributed by atoms with van der Waals surface area (Å²) >= 11 is 0. The fourth-order valence-corrected chi connectivity index (χ4v) is 2.71. The molecule has 3 rings (SSSR count). The molecule has 0 aliphatic heterocycles. The molecule has 0 unspecified atom stereocenters. The minimum Gasteiger partial charge on any atom is -0.326 e. The Morgan fingerprint density at radius 2 is 1.91 bits per heavy atom. The van der Waals surface area contributed by atoms with E-state index in [9.17, 15) is 4.79 Å². The van der Waals surface area contributed by atoms with Crippen LogP contribution in [0.5, 0.6) is 0 Å². The second-order valence-electron chi connectivity index (χ2n) is 5.38. The number of carbonyl (C=O) groups is 1. The molecule has 1 aromatic heterocycles. The van der Waals surface area contributed by atoms with Gasteiger partial charge in [0.15, 0.2) is 5.69 Å². The maximum atomic E-state index is 10.8. The minimum atomic E-state index is 0.445. The van der Waals surface area contributed by atoms with Gasteiger partial charge in [-0.05, 0) is 18.2 Å². The lowest BCUT2D eigenvalue weighted by Crippen LogP contribution is -2.44. The van der Waals surface area contributed by atoms with Crippen molar-refractivity contribution in [3.05, 3.63) is 54.4 Å². The Balaban J connectivity index is 1.95. The van der Waals surface area contributed by atoms with E-state index in [4.69, 9.17) is 5.84 Å². The first-order chi connectivity index (χ1) is 11.2. The highest BCUT2D eigenvalue weighted by atomic mass is 16.1. The van der Waals surface area contributed by atoms with Gasteiger partial charge in [0.05, 0.1) is 17.6 Å². The predicted octanol–water partition coefficient (Wildman–Crippen LogP) is 1.38. The van der Waals surface area contributed by atoms with Crippen LogP contribution in [0.2, 0.25) is 0 Å². The lowest BCUT2D eigenvalue weighted by atomic mass is 10.2. The van der Waals surface area contributed by atoms with Crippen LogP contribution in [0.25, 0.3) is 11.0 Å². The average Bonchev–Trinajstić information content (AvgIpc) is 2.90. The highest BCUT2D eigenvalue weighted by molar-refractivity contribution is 5.76. The first-order valence-electron chi connectivity index (χ1n) is 7.51. The highest BCUT2D eigenvalue weighted by Gasteiger charge is 2.15. The zero-order valence-corrected chi connectivity index (χ0v) is 12.9. The zero-order valence-electron chi connectivity index (χ0n) is 12.9. The van der Waals surface area contributed by atoms with E-state index in [0.717, 1.165) is 34.5 Å². The van der Waals surface area contributed by atoms with E-state index in [1.54, 1.807) is 5.01 Å². The molecule has 0 saturated heterocycles. The van der Waals surface area contributed by atoms with Crippen molar-refractivity contribution in [1.29, 1.82) is 0 Å². The van der Waals surface area contributed by atoms with Gasteiger partial charge in [0, 0.05) is 19.0 Å². The summed E-state index contributed by atoms with van der Waals surface area (Å²) in [5, 5.41) is 1.64. The number of aryl methyl sites for hydroxylation is 1. The average molecular weight is 310 g/mol. The largest absolute Gasteiger partial charge is 0.326 e. The maximum Gasteiger partial charge on any atom is 0.152 e. The summed E-state index contributed by atoms with van der Waals surface area (Å²) in [4.78, 5) is 15.4. The zero-order chi connectivity index (χ0) is 16.2. The molecule has 3 aromatic rings. The molecule has 0 bridgehead atoms. The van der Waals surface area contributed by atoms with Gasteiger partial charge in [-0.1, -0.05) is 24.3 Å². The molecule has 1 heterocycles. The van der Waals surface area contributed by atoms with Crippen molar-refractivity contribution in [2.45, 2.75) is 19.5 Å². The third-order valence-corrected chi connectivity index (χ3v) is 3.82. The smallest absolute Gasteiger partial charge is 0.152 e. The number of rotatable bonds is 6. The molecule has 5 N–H and O–H groups in total. The van der Waals surface area contributed by atoms with Crippen molar-refractivity contribution in [3.8, 4) is 0 Å². The molecule has 0 radical (unpaired) electrons. The van der Waals surface area contributed by atoms with Crippen LogP contribution in [-0.4, -0.2) is 15.8 Å². The number of carbonyl (C=O) groups excluding carboxylic acids is 1. The lowest BCUT2D eigenvalue weighted by Gasteiger charge is -2.19. The van der Waals surface area contributed by atoms with Gasteiger partial charge >= 0.3 is 0 Å². The van der Waals surface area contributed by atoms with Crippen molar-refractivity contribution < 1.29 is 10.5 Å². The van der Waals surface area contributed by atoms with Crippen molar-refractivity contribution >= 4 is 28.7 Å². The molecule has 118 valence electrons. The van der Waals surface area contributed by atoms with Crippen LogP contribution >= 0.6 is 0 Å². The number of aldehydes is 1. The molecule has 0 atom stereocenters. The molecule has 6 heteroatoms. The summed E-state index contributed by atoms with van der Waals surface area (Å²) < 4.78 is 2.05. The topological polar surface area (TPSA) is 91.8 Å². The van der Waals surface area contributed by atoms with Crippen LogP contribution in [-0.2, 0) is 17.9 Å². The van der Waals surface area contributed by atoms with Crippen molar-refractivity contribution in [3.63, 3.8) is 0 Å².